The van der Waals surface area contributed by atoms with E-state index in [0.717, 1.165) is 10.4 Å². The molecule has 1 aromatic heterocycles. The van der Waals surface area contributed by atoms with Crippen LogP contribution in [0.5, 0.6) is 5.75 Å². The number of nitrogens with zero attached hydrogens (tertiary/aromatic N) is 1. The quantitative estimate of drug-likeness (QED) is 0.389. The van der Waals surface area contributed by atoms with Gasteiger partial charge < -0.3 is 14.7 Å². The molecule has 1 atom stereocenters. The summed E-state index contributed by atoms with van der Waals surface area (Å²) >= 11 is 1.45. The number of carbonyl (C=O) groups is 2. The van der Waals surface area contributed by atoms with Crippen LogP contribution in [0, 0.1) is 0 Å². The molecule has 6 heteroatoms. The van der Waals surface area contributed by atoms with Gasteiger partial charge in [0, 0.05) is 17.0 Å². The molecule has 1 N–H and O–H groups in total. The number of rotatable bonds is 5. The zero-order valence-electron chi connectivity index (χ0n) is 15.7. The Hall–Kier alpha value is -3.38. The molecule has 5 nitrogen and oxygen atoms in total. The van der Waals surface area contributed by atoms with E-state index in [9.17, 15) is 14.7 Å². The van der Waals surface area contributed by atoms with Crippen molar-refractivity contribution in [2.75, 3.05) is 7.11 Å². The number of benzene rings is 2. The smallest absolute Gasteiger partial charge is 0.295 e. The molecule has 1 fully saturated rings. The molecule has 2 heterocycles. The van der Waals surface area contributed by atoms with Gasteiger partial charge in [-0.05, 0) is 29.1 Å². The number of ether oxygens (including phenoxy) is 1. The lowest BCUT2D eigenvalue weighted by atomic mass is 10.00. The summed E-state index contributed by atoms with van der Waals surface area (Å²) in [5.41, 5.74) is 1.47. The van der Waals surface area contributed by atoms with E-state index >= 15 is 0 Å². The highest BCUT2D eigenvalue weighted by atomic mass is 32.1. The standard InChI is InChI=1S/C23H19NO4S/c1-28-17-10-5-7-15(13-17)14-24-20(18-11-6-12-29-18)19(22(26)23(24)27)21(25)16-8-3-2-4-9-16/h2-13,20,25H,14H2,1H3/b21-19-. The molecule has 0 aliphatic carbocycles. The predicted molar refractivity (Wildman–Crippen MR) is 112 cm³/mol. The monoisotopic (exact) mass is 405 g/mol. The topological polar surface area (TPSA) is 66.8 Å². The molecule has 1 aliphatic rings. The average Bonchev–Trinajstić information content (AvgIpc) is 3.37. The summed E-state index contributed by atoms with van der Waals surface area (Å²) in [6, 6.07) is 19.3. The van der Waals surface area contributed by atoms with Gasteiger partial charge in [0.05, 0.1) is 18.7 Å². The fourth-order valence-electron chi connectivity index (χ4n) is 3.50. The highest BCUT2D eigenvalue weighted by Gasteiger charge is 2.46. The van der Waals surface area contributed by atoms with E-state index in [0.29, 0.717) is 11.3 Å². The molecule has 4 rings (SSSR count). The lowest BCUT2D eigenvalue weighted by Gasteiger charge is -2.24. The zero-order valence-corrected chi connectivity index (χ0v) is 16.6. The molecule has 1 unspecified atom stereocenters. The Balaban J connectivity index is 1.81. The maximum Gasteiger partial charge on any atom is 0.295 e. The summed E-state index contributed by atoms with van der Waals surface area (Å²) < 4.78 is 5.27. The number of aliphatic hydroxyl groups is 1. The number of hydrogen-bond acceptors (Lipinski definition) is 5. The number of aliphatic hydroxyl groups excluding tert-OH is 1. The Kier molecular flexibility index (Phi) is 5.18. The minimum Gasteiger partial charge on any atom is -0.507 e. The van der Waals surface area contributed by atoms with Gasteiger partial charge in [-0.1, -0.05) is 48.5 Å². The molecular weight excluding hydrogens is 386 g/mol. The van der Waals surface area contributed by atoms with Crippen LogP contribution in [0.4, 0.5) is 0 Å². The number of Topliss-reactive ketones (excluding diaryl/α,β-unsaturated/α-hetero) is 1. The highest BCUT2D eigenvalue weighted by molar-refractivity contribution is 7.10. The van der Waals surface area contributed by atoms with Gasteiger partial charge in [-0.2, -0.15) is 0 Å². The van der Waals surface area contributed by atoms with Crippen molar-refractivity contribution in [1.29, 1.82) is 0 Å². The average molecular weight is 405 g/mol. The summed E-state index contributed by atoms with van der Waals surface area (Å²) in [4.78, 5) is 28.2. The van der Waals surface area contributed by atoms with Crippen LogP contribution in [-0.2, 0) is 16.1 Å². The van der Waals surface area contributed by atoms with Crippen LogP contribution < -0.4 is 4.74 Å². The number of ketones is 1. The Bertz CT molecular complexity index is 1070. The number of thiophene rings is 1. The van der Waals surface area contributed by atoms with Crippen molar-refractivity contribution in [2.45, 2.75) is 12.6 Å². The highest BCUT2D eigenvalue weighted by Crippen LogP contribution is 2.41. The maximum atomic E-state index is 12.9. The first kappa shape index (κ1) is 19.0. The summed E-state index contributed by atoms with van der Waals surface area (Å²) in [5, 5.41) is 12.8. The number of methoxy groups -OCH3 is 1. The van der Waals surface area contributed by atoms with Crippen LogP contribution in [0.3, 0.4) is 0 Å². The van der Waals surface area contributed by atoms with E-state index in [4.69, 9.17) is 4.74 Å². The molecule has 0 bridgehead atoms. The Morgan fingerprint density at radius 2 is 1.86 bits per heavy atom. The largest absolute Gasteiger partial charge is 0.507 e. The van der Waals surface area contributed by atoms with Crippen molar-refractivity contribution in [3.63, 3.8) is 0 Å². The van der Waals surface area contributed by atoms with Crippen LogP contribution >= 0.6 is 11.3 Å². The lowest BCUT2D eigenvalue weighted by Crippen LogP contribution is -2.28. The molecule has 1 aliphatic heterocycles. The molecule has 1 saturated heterocycles. The third-order valence-corrected chi connectivity index (χ3v) is 5.81. The first-order valence-corrected chi connectivity index (χ1v) is 9.98. The van der Waals surface area contributed by atoms with Crippen LogP contribution in [0.2, 0.25) is 0 Å². The van der Waals surface area contributed by atoms with E-state index in [1.807, 2.05) is 47.8 Å². The summed E-state index contributed by atoms with van der Waals surface area (Å²) in [7, 11) is 1.58. The molecular formula is C23H19NO4S. The number of carbonyl (C=O) groups excluding carboxylic acids is 2. The van der Waals surface area contributed by atoms with Crippen LogP contribution in [0.15, 0.2) is 77.7 Å². The minimum atomic E-state index is -0.673. The van der Waals surface area contributed by atoms with Crippen LogP contribution in [0.1, 0.15) is 22.0 Å². The summed E-state index contributed by atoms with van der Waals surface area (Å²) in [6.07, 6.45) is 0. The van der Waals surface area contributed by atoms with E-state index < -0.39 is 17.7 Å². The SMILES string of the molecule is COc1cccc(CN2C(=O)C(=O)/C(=C(\O)c3ccccc3)C2c2cccs2)c1. The van der Waals surface area contributed by atoms with Crippen molar-refractivity contribution >= 4 is 28.8 Å². The van der Waals surface area contributed by atoms with Gasteiger partial charge in [0.1, 0.15) is 11.5 Å². The molecule has 2 aromatic carbocycles. The van der Waals surface area contributed by atoms with Crippen molar-refractivity contribution < 1.29 is 19.4 Å². The van der Waals surface area contributed by atoms with E-state index in [1.165, 1.54) is 16.2 Å². The van der Waals surface area contributed by atoms with Gasteiger partial charge in [-0.25, -0.2) is 0 Å². The van der Waals surface area contributed by atoms with Gasteiger partial charge in [0.25, 0.3) is 11.7 Å². The second-order valence-corrected chi connectivity index (χ2v) is 7.64. The second-order valence-electron chi connectivity index (χ2n) is 6.66. The van der Waals surface area contributed by atoms with Crippen molar-refractivity contribution in [2.24, 2.45) is 0 Å². The van der Waals surface area contributed by atoms with Gasteiger partial charge in [0.2, 0.25) is 0 Å². The van der Waals surface area contributed by atoms with Crippen molar-refractivity contribution in [3.05, 3.63) is 93.7 Å². The Labute approximate surface area is 172 Å². The first-order chi connectivity index (χ1) is 14.1. The number of likely N-dealkylation sites (tertiary alicyclic amines) is 1. The zero-order chi connectivity index (χ0) is 20.4. The molecule has 3 aromatic rings. The Morgan fingerprint density at radius 3 is 2.55 bits per heavy atom. The van der Waals surface area contributed by atoms with E-state index in [1.54, 1.807) is 31.4 Å². The summed E-state index contributed by atoms with van der Waals surface area (Å²) in [6.45, 7) is 0.232. The minimum absolute atomic E-state index is 0.117. The molecule has 0 saturated carbocycles. The van der Waals surface area contributed by atoms with E-state index in [-0.39, 0.29) is 17.9 Å². The number of hydrogen-bond donors (Lipinski definition) is 1. The van der Waals surface area contributed by atoms with Crippen molar-refractivity contribution in [1.82, 2.24) is 4.90 Å². The molecule has 0 spiro atoms. The fourth-order valence-corrected chi connectivity index (χ4v) is 4.35. The van der Waals surface area contributed by atoms with Gasteiger partial charge in [-0.3, -0.25) is 9.59 Å². The van der Waals surface area contributed by atoms with Crippen molar-refractivity contribution in [3.8, 4) is 5.75 Å². The molecule has 146 valence electrons. The van der Waals surface area contributed by atoms with E-state index in [2.05, 4.69) is 0 Å². The van der Waals surface area contributed by atoms with Gasteiger partial charge >= 0.3 is 0 Å². The number of amides is 1. The normalized spacial score (nSPS) is 18.2. The fraction of sp³-hybridized carbons (Fsp3) is 0.130. The van der Waals surface area contributed by atoms with Gasteiger partial charge in [0.15, 0.2) is 0 Å². The molecule has 29 heavy (non-hydrogen) atoms. The van der Waals surface area contributed by atoms with Gasteiger partial charge in [-0.15, -0.1) is 11.3 Å². The third kappa shape index (κ3) is 3.54. The molecule has 0 radical (unpaired) electrons. The second kappa shape index (κ2) is 7.93. The summed E-state index contributed by atoms with van der Waals surface area (Å²) in [5.74, 6) is -0.775. The third-order valence-electron chi connectivity index (χ3n) is 4.89. The van der Waals surface area contributed by atoms with Crippen LogP contribution in [0.25, 0.3) is 5.76 Å². The molecule has 1 amide bonds. The first-order valence-electron chi connectivity index (χ1n) is 9.10. The lowest BCUT2D eigenvalue weighted by molar-refractivity contribution is -0.140. The maximum absolute atomic E-state index is 12.9. The van der Waals surface area contributed by atoms with Crippen LogP contribution in [-0.4, -0.2) is 28.8 Å². The Morgan fingerprint density at radius 1 is 1.07 bits per heavy atom. The predicted octanol–water partition coefficient (Wildman–Crippen LogP) is 4.38.